The zero-order valence-electron chi connectivity index (χ0n) is 4.83. The summed E-state index contributed by atoms with van der Waals surface area (Å²) in [6.07, 6.45) is 0. The fourth-order valence-electron chi connectivity index (χ4n) is 0.313. The van der Waals surface area contributed by atoms with Gasteiger partial charge in [-0.25, -0.2) is 4.98 Å². The molecule has 42 valence electrons. The third kappa shape index (κ3) is 2.45. The molecule has 0 radical (unpaired) electrons. The second-order valence-corrected chi connectivity index (χ2v) is 1.88. The molecule has 1 rings (SSSR count). The maximum absolute atomic E-state index is 9.90. The summed E-state index contributed by atoms with van der Waals surface area (Å²) in [5.41, 5.74) is 1.46. The first-order chi connectivity index (χ1) is 3.80. The number of carboxylic acid groups (broad SMARTS) is 1. The van der Waals surface area contributed by atoms with Crippen LogP contribution >= 0.6 is 11.3 Å². The number of nitrogens with zero attached hydrogens (tertiary/aromatic N) is 1. The van der Waals surface area contributed by atoms with Crippen LogP contribution in [0.3, 0.4) is 0 Å². The number of aromatic nitrogens is 1. The Labute approximate surface area is 78.0 Å². The van der Waals surface area contributed by atoms with Crippen LogP contribution < -0.4 is 34.7 Å². The molecule has 0 spiro atoms. The number of thiazole rings is 1. The molecule has 0 aliphatic rings. The van der Waals surface area contributed by atoms with E-state index in [0.29, 0.717) is 0 Å². The zero-order chi connectivity index (χ0) is 5.98. The molecule has 3 nitrogen and oxygen atoms in total. The van der Waals surface area contributed by atoms with Crippen molar-refractivity contribution in [2.75, 3.05) is 0 Å². The number of carboxylic acids is 1. The second kappa shape index (κ2) is 4.00. The topological polar surface area (TPSA) is 53.0 Å². The van der Waals surface area contributed by atoms with Crippen molar-refractivity contribution in [1.82, 2.24) is 4.98 Å². The summed E-state index contributed by atoms with van der Waals surface area (Å²) < 4.78 is 0. The minimum Gasteiger partial charge on any atom is -0.543 e. The van der Waals surface area contributed by atoms with Crippen LogP contribution in [0.15, 0.2) is 10.9 Å². The summed E-state index contributed by atoms with van der Waals surface area (Å²) in [5.74, 6) is -1.22. The van der Waals surface area contributed by atoms with Gasteiger partial charge >= 0.3 is 29.6 Å². The first-order valence-electron chi connectivity index (χ1n) is 1.90. The first-order valence-corrected chi connectivity index (χ1v) is 2.84. The zero-order valence-corrected chi connectivity index (χ0v) is 7.64. The van der Waals surface area contributed by atoms with Gasteiger partial charge in [-0.05, 0) is 0 Å². The number of carbonyl (C=O) groups is 1. The van der Waals surface area contributed by atoms with Crippen LogP contribution in [-0.4, -0.2) is 11.0 Å². The molecule has 9 heavy (non-hydrogen) atoms. The van der Waals surface area contributed by atoms with Crippen molar-refractivity contribution in [1.29, 1.82) is 0 Å². The molecule has 0 aliphatic heterocycles. The fraction of sp³-hybridized carbons (Fsp3) is 0. The van der Waals surface area contributed by atoms with Crippen molar-refractivity contribution in [3.05, 3.63) is 16.6 Å². The molecule has 0 atom stereocenters. The van der Waals surface area contributed by atoms with E-state index in [0.717, 1.165) is 0 Å². The summed E-state index contributed by atoms with van der Waals surface area (Å²) in [6, 6.07) is 0. The Morgan fingerprint density at radius 3 is 2.67 bits per heavy atom. The number of rotatable bonds is 1. The van der Waals surface area contributed by atoms with Crippen molar-refractivity contribution in [3.8, 4) is 0 Å². The van der Waals surface area contributed by atoms with Crippen LogP contribution in [0.2, 0.25) is 0 Å². The average Bonchev–Trinajstić information content (AvgIpc) is 2.12. The van der Waals surface area contributed by atoms with Gasteiger partial charge < -0.3 is 9.90 Å². The summed E-state index contributed by atoms with van der Waals surface area (Å²) in [7, 11) is 0. The Kier molecular flexibility index (Phi) is 4.05. The number of aromatic carboxylic acids is 1. The van der Waals surface area contributed by atoms with E-state index in [1.807, 2.05) is 0 Å². The van der Waals surface area contributed by atoms with Gasteiger partial charge in [0.2, 0.25) is 0 Å². The van der Waals surface area contributed by atoms with Gasteiger partial charge in [0.1, 0.15) is 0 Å². The minimum absolute atomic E-state index is 0. The molecule has 1 aromatic rings. The van der Waals surface area contributed by atoms with E-state index in [4.69, 9.17) is 0 Å². The van der Waals surface area contributed by atoms with Crippen molar-refractivity contribution in [3.63, 3.8) is 0 Å². The molecule has 0 saturated heterocycles. The molecule has 0 bridgehead atoms. The smallest absolute Gasteiger partial charge is 0.543 e. The molecule has 0 aliphatic carbocycles. The van der Waals surface area contributed by atoms with Crippen molar-refractivity contribution < 1.29 is 39.5 Å². The van der Waals surface area contributed by atoms with Crippen LogP contribution in [0, 0.1) is 0 Å². The molecular formula is C4H2NNaO2S. The second-order valence-electron chi connectivity index (χ2n) is 1.16. The Morgan fingerprint density at radius 2 is 2.44 bits per heavy atom. The van der Waals surface area contributed by atoms with Gasteiger partial charge in [-0.1, -0.05) is 0 Å². The third-order valence-electron chi connectivity index (χ3n) is 0.641. The van der Waals surface area contributed by atoms with E-state index in [1.165, 1.54) is 22.2 Å². The van der Waals surface area contributed by atoms with Crippen LogP contribution in [0.1, 0.15) is 10.5 Å². The first kappa shape index (κ1) is 9.10. The Hall–Kier alpha value is 0.1000. The largest absolute Gasteiger partial charge is 1.00 e. The van der Waals surface area contributed by atoms with E-state index in [9.17, 15) is 9.90 Å². The van der Waals surface area contributed by atoms with Gasteiger partial charge in [-0.2, -0.15) is 0 Å². The van der Waals surface area contributed by atoms with E-state index >= 15 is 0 Å². The monoisotopic (exact) mass is 151 g/mol. The standard InChI is InChI=1S/C4H3NO2S.Na/c6-4(7)3-1-8-2-5-3;/h1-2H,(H,6,7);/q;+1/p-1. The van der Waals surface area contributed by atoms with Crippen LogP contribution in [0.4, 0.5) is 0 Å². The summed E-state index contributed by atoms with van der Waals surface area (Å²) in [5, 5.41) is 11.3. The van der Waals surface area contributed by atoms with E-state index in [1.54, 1.807) is 0 Å². The van der Waals surface area contributed by atoms with E-state index in [-0.39, 0.29) is 35.3 Å². The average molecular weight is 151 g/mol. The van der Waals surface area contributed by atoms with Gasteiger partial charge in [0.15, 0.2) is 0 Å². The Morgan fingerprint density at radius 1 is 1.78 bits per heavy atom. The number of carbonyl (C=O) groups excluding carboxylic acids is 1. The normalized spacial score (nSPS) is 8.00. The molecular weight excluding hydrogens is 149 g/mol. The van der Waals surface area contributed by atoms with Crippen LogP contribution in [0.25, 0.3) is 0 Å². The van der Waals surface area contributed by atoms with E-state index < -0.39 is 5.97 Å². The van der Waals surface area contributed by atoms with Gasteiger partial charge in [-0.3, -0.25) is 0 Å². The van der Waals surface area contributed by atoms with Gasteiger partial charge in [0.05, 0.1) is 17.2 Å². The molecule has 0 amide bonds. The Bertz CT molecular complexity index is 186. The van der Waals surface area contributed by atoms with Gasteiger partial charge in [0, 0.05) is 5.38 Å². The minimum atomic E-state index is -1.22. The van der Waals surface area contributed by atoms with Gasteiger partial charge in [0.25, 0.3) is 0 Å². The maximum Gasteiger partial charge on any atom is 1.00 e. The molecule has 0 N–H and O–H groups in total. The number of hydrogen-bond acceptors (Lipinski definition) is 4. The summed E-state index contributed by atoms with van der Waals surface area (Å²) in [6.45, 7) is 0. The van der Waals surface area contributed by atoms with Gasteiger partial charge in [-0.15, -0.1) is 11.3 Å². The van der Waals surface area contributed by atoms with Crippen molar-refractivity contribution >= 4 is 17.3 Å². The molecule has 1 aromatic heterocycles. The molecule has 5 heteroatoms. The summed E-state index contributed by atoms with van der Waals surface area (Å²) in [4.78, 5) is 13.4. The summed E-state index contributed by atoms with van der Waals surface area (Å²) >= 11 is 1.24. The maximum atomic E-state index is 9.90. The molecule has 0 aromatic carbocycles. The quantitative estimate of drug-likeness (QED) is 0.391. The fourth-order valence-corrected chi connectivity index (χ4v) is 0.835. The Balaban J connectivity index is 0.000000640. The predicted molar refractivity (Wildman–Crippen MR) is 26.4 cm³/mol. The predicted octanol–water partition coefficient (Wildman–Crippen LogP) is -3.49. The van der Waals surface area contributed by atoms with Crippen molar-refractivity contribution in [2.45, 2.75) is 0 Å². The molecule has 1 heterocycles. The SMILES string of the molecule is O=C([O-])c1cscn1.[Na+]. The van der Waals surface area contributed by atoms with Crippen LogP contribution in [-0.2, 0) is 0 Å². The number of hydrogen-bond donors (Lipinski definition) is 0. The molecule has 0 fully saturated rings. The van der Waals surface area contributed by atoms with E-state index in [2.05, 4.69) is 4.98 Å². The molecule has 0 saturated carbocycles. The van der Waals surface area contributed by atoms with Crippen LogP contribution in [0.5, 0.6) is 0 Å². The molecule has 0 unspecified atom stereocenters. The van der Waals surface area contributed by atoms with Crippen molar-refractivity contribution in [2.24, 2.45) is 0 Å². The third-order valence-corrected chi connectivity index (χ3v) is 1.23.